The Morgan fingerprint density at radius 2 is 1.73 bits per heavy atom. The molecule has 0 fully saturated rings. The maximum atomic E-state index is 6.11. The van der Waals surface area contributed by atoms with Crippen molar-refractivity contribution in [3.8, 4) is 0 Å². The first-order valence-corrected chi connectivity index (χ1v) is 10.3. The molecule has 7 heteroatoms. The third-order valence-electron chi connectivity index (χ3n) is 5.05. The number of hydrogen-bond acceptors (Lipinski definition) is 6. The molecule has 26 heavy (non-hydrogen) atoms. The monoisotopic (exact) mass is 363 g/mol. The highest BCUT2D eigenvalue weighted by Gasteiger charge is 2.25. The molecule has 1 unspecified atom stereocenters. The van der Waals surface area contributed by atoms with Crippen molar-refractivity contribution in [3.05, 3.63) is 12.0 Å². The van der Waals surface area contributed by atoms with E-state index in [2.05, 4.69) is 28.8 Å². The van der Waals surface area contributed by atoms with Gasteiger partial charge in [0.05, 0.1) is 12.9 Å². The predicted octanol–water partition coefficient (Wildman–Crippen LogP) is 3.14. The van der Waals surface area contributed by atoms with Crippen molar-refractivity contribution < 1.29 is 0 Å². The van der Waals surface area contributed by atoms with Crippen LogP contribution in [0.1, 0.15) is 77.5 Å². The van der Waals surface area contributed by atoms with E-state index in [4.69, 9.17) is 11.5 Å². The molecule has 0 saturated heterocycles. The molecule has 7 nitrogen and oxygen atoms in total. The molecule has 1 aliphatic heterocycles. The zero-order valence-corrected chi connectivity index (χ0v) is 16.6. The van der Waals surface area contributed by atoms with Crippen LogP contribution in [0.2, 0.25) is 0 Å². The number of aromatic amines is 1. The summed E-state index contributed by atoms with van der Waals surface area (Å²) in [7, 11) is 0. The fourth-order valence-electron chi connectivity index (χ4n) is 3.34. The van der Waals surface area contributed by atoms with E-state index in [1.165, 1.54) is 57.8 Å². The van der Waals surface area contributed by atoms with Crippen LogP contribution in [-0.4, -0.2) is 40.3 Å². The minimum atomic E-state index is -0.459. The van der Waals surface area contributed by atoms with Crippen LogP contribution in [0.3, 0.4) is 0 Å². The predicted molar refractivity (Wildman–Crippen MR) is 109 cm³/mol. The molecule has 1 atom stereocenters. The first kappa shape index (κ1) is 20.6. The summed E-state index contributed by atoms with van der Waals surface area (Å²) in [5.41, 5.74) is 12.0. The van der Waals surface area contributed by atoms with Crippen molar-refractivity contribution >= 4 is 11.8 Å². The van der Waals surface area contributed by atoms with Gasteiger partial charge in [0, 0.05) is 13.0 Å². The summed E-state index contributed by atoms with van der Waals surface area (Å²) in [5, 5.41) is 0. The summed E-state index contributed by atoms with van der Waals surface area (Å²) in [6.07, 6.45) is 14.4. The second kappa shape index (κ2) is 11.1. The Labute approximate surface area is 158 Å². The van der Waals surface area contributed by atoms with Crippen LogP contribution in [0.5, 0.6) is 0 Å². The van der Waals surface area contributed by atoms with Crippen LogP contribution in [0.15, 0.2) is 11.2 Å². The lowest BCUT2D eigenvalue weighted by Crippen LogP contribution is -2.56. The molecule has 1 aromatic heterocycles. The zero-order valence-electron chi connectivity index (χ0n) is 16.6. The fourth-order valence-corrected chi connectivity index (χ4v) is 3.34. The highest BCUT2D eigenvalue weighted by atomic mass is 15.5. The molecule has 0 bridgehead atoms. The number of anilines is 1. The van der Waals surface area contributed by atoms with Gasteiger partial charge in [0.15, 0.2) is 12.2 Å². The summed E-state index contributed by atoms with van der Waals surface area (Å²) >= 11 is 0. The molecule has 148 valence electrons. The largest absolute Gasteiger partial charge is 0.370 e. The molecule has 2 rings (SSSR count). The van der Waals surface area contributed by atoms with E-state index in [9.17, 15) is 0 Å². The molecule has 0 aliphatic carbocycles. The highest BCUT2D eigenvalue weighted by molar-refractivity contribution is 5.79. The van der Waals surface area contributed by atoms with Crippen LogP contribution in [0, 0.1) is 0 Å². The Hall–Kier alpha value is -1.76. The molecule has 0 spiro atoms. The van der Waals surface area contributed by atoms with E-state index in [1.807, 2.05) is 16.0 Å². The van der Waals surface area contributed by atoms with Crippen molar-refractivity contribution in [3.63, 3.8) is 0 Å². The van der Waals surface area contributed by atoms with Crippen molar-refractivity contribution in [2.24, 2.45) is 16.5 Å². The molecule has 0 amide bonds. The topological polar surface area (TPSA) is 99.6 Å². The molecule has 1 aliphatic rings. The Morgan fingerprint density at radius 1 is 1.08 bits per heavy atom. The van der Waals surface area contributed by atoms with Crippen molar-refractivity contribution in [2.45, 2.75) is 84.3 Å². The first-order valence-electron chi connectivity index (χ1n) is 10.3. The van der Waals surface area contributed by atoms with E-state index in [1.54, 1.807) is 0 Å². The lowest BCUT2D eigenvalue weighted by Gasteiger charge is -2.37. The average molecular weight is 364 g/mol. The van der Waals surface area contributed by atoms with Crippen molar-refractivity contribution in [1.82, 2.24) is 14.9 Å². The number of aliphatic imine (C=N–C) groups is 1. The van der Waals surface area contributed by atoms with Gasteiger partial charge in [0.25, 0.3) is 0 Å². The Kier molecular flexibility index (Phi) is 8.74. The van der Waals surface area contributed by atoms with Crippen LogP contribution in [0.4, 0.5) is 5.82 Å². The van der Waals surface area contributed by atoms with Gasteiger partial charge in [-0.15, -0.1) is 0 Å². The van der Waals surface area contributed by atoms with Crippen molar-refractivity contribution in [2.75, 3.05) is 18.1 Å². The zero-order chi connectivity index (χ0) is 18.8. The Bertz CT molecular complexity index is 540. The van der Waals surface area contributed by atoms with E-state index in [-0.39, 0.29) is 0 Å². The molecule has 0 aromatic carbocycles. The van der Waals surface area contributed by atoms with E-state index in [0.29, 0.717) is 12.6 Å². The summed E-state index contributed by atoms with van der Waals surface area (Å²) in [4.78, 5) is 16.2. The number of guanidine groups is 1. The van der Waals surface area contributed by atoms with Crippen LogP contribution in [0.25, 0.3) is 0 Å². The van der Waals surface area contributed by atoms with Gasteiger partial charge in [-0.3, -0.25) is 5.73 Å². The summed E-state index contributed by atoms with van der Waals surface area (Å²) < 4.78 is 0. The fraction of sp³-hybridized carbons (Fsp3) is 0.789. The average Bonchev–Trinajstić information content (AvgIpc) is 3.09. The van der Waals surface area contributed by atoms with Gasteiger partial charge in [-0.25, -0.2) is 9.98 Å². The number of rotatable bonds is 12. The molecular formula is C19H37N7. The molecule has 0 saturated carbocycles. The van der Waals surface area contributed by atoms with Crippen molar-refractivity contribution in [1.29, 1.82) is 0 Å². The standard InChI is InChI=1S/C19H37N7/c1-3-5-6-7-8-9-10-11-12-13-16-22-14-17(23-16)26-15-25(4-2)18(20)24-19(26)21/h14,19H,3-13,15,21H2,1-2H3,(H2,20,24)(H,22,23). The van der Waals surface area contributed by atoms with Gasteiger partial charge < -0.3 is 20.5 Å². The van der Waals surface area contributed by atoms with Gasteiger partial charge in [-0.05, 0) is 13.3 Å². The third-order valence-corrected chi connectivity index (χ3v) is 5.05. The van der Waals surface area contributed by atoms with E-state index in [0.717, 1.165) is 24.6 Å². The van der Waals surface area contributed by atoms with Crippen LogP contribution >= 0.6 is 0 Å². The van der Waals surface area contributed by atoms with E-state index < -0.39 is 6.29 Å². The molecule has 0 radical (unpaired) electrons. The van der Waals surface area contributed by atoms with Gasteiger partial charge in [0.1, 0.15) is 11.6 Å². The SMILES string of the molecule is CCCCCCCCCCCc1ncc(N2CN(CC)C(N)=NC2N)[nH]1. The van der Waals surface area contributed by atoms with E-state index >= 15 is 0 Å². The second-order valence-electron chi connectivity index (χ2n) is 7.16. The quantitative estimate of drug-likeness (QED) is 0.495. The molecule has 5 N–H and O–H groups in total. The summed E-state index contributed by atoms with van der Waals surface area (Å²) in [6, 6.07) is 0. The number of nitrogens with one attached hydrogen (secondary N) is 1. The third kappa shape index (κ3) is 6.20. The van der Waals surface area contributed by atoms with Crippen LogP contribution in [-0.2, 0) is 6.42 Å². The number of aryl methyl sites for hydroxylation is 1. The number of unbranched alkanes of at least 4 members (excludes halogenated alkanes) is 8. The van der Waals surface area contributed by atoms with Crippen LogP contribution < -0.4 is 16.4 Å². The maximum absolute atomic E-state index is 6.11. The molecular weight excluding hydrogens is 326 g/mol. The maximum Gasteiger partial charge on any atom is 0.195 e. The Morgan fingerprint density at radius 3 is 2.38 bits per heavy atom. The smallest absolute Gasteiger partial charge is 0.195 e. The molecule has 1 aromatic rings. The second-order valence-corrected chi connectivity index (χ2v) is 7.16. The van der Waals surface area contributed by atoms with Gasteiger partial charge in [-0.2, -0.15) is 0 Å². The lowest BCUT2D eigenvalue weighted by molar-refractivity contribution is 0.375. The number of hydrogen-bond donors (Lipinski definition) is 3. The molecule has 2 heterocycles. The van der Waals surface area contributed by atoms with Gasteiger partial charge >= 0.3 is 0 Å². The first-order chi connectivity index (χ1) is 12.7. The minimum Gasteiger partial charge on any atom is -0.370 e. The normalized spacial score (nSPS) is 17.7. The Balaban J connectivity index is 1.68. The number of H-pyrrole nitrogens is 1. The number of nitrogens with two attached hydrogens (primary N) is 2. The summed E-state index contributed by atoms with van der Waals surface area (Å²) in [5.74, 6) is 2.45. The number of imidazole rings is 1. The number of aromatic nitrogens is 2. The lowest BCUT2D eigenvalue weighted by atomic mass is 10.1. The summed E-state index contributed by atoms with van der Waals surface area (Å²) in [6.45, 7) is 5.76. The van der Waals surface area contributed by atoms with Gasteiger partial charge in [0.2, 0.25) is 0 Å². The van der Waals surface area contributed by atoms with Gasteiger partial charge in [-0.1, -0.05) is 58.3 Å². The highest BCUT2D eigenvalue weighted by Crippen LogP contribution is 2.18. The number of nitrogens with zero attached hydrogens (tertiary/aromatic N) is 4. The minimum absolute atomic E-state index is 0.459.